The minimum atomic E-state index is -0.274. The molecule has 0 aromatic carbocycles. The lowest BCUT2D eigenvalue weighted by Crippen LogP contribution is -2.45. The van der Waals surface area contributed by atoms with Gasteiger partial charge in [-0.2, -0.15) is 0 Å². The predicted molar refractivity (Wildman–Crippen MR) is 97.2 cm³/mol. The van der Waals surface area contributed by atoms with Gasteiger partial charge in [0.25, 0.3) is 0 Å². The highest BCUT2D eigenvalue weighted by molar-refractivity contribution is 5.82. The van der Waals surface area contributed by atoms with Crippen molar-refractivity contribution >= 4 is 17.8 Å². The molecule has 7 heteroatoms. The lowest BCUT2D eigenvalue weighted by atomic mass is 10.1. The van der Waals surface area contributed by atoms with E-state index in [1.54, 1.807) is 6.92 Å². The number of nitrogens with zero attached hydrogens (tertiary/aromatic N) is 2. The number of carbonyl (C=O) groups excluding carboxylic acids is 2. The van der Waals surface area contributed by atoms with Crippen molar-refractivity contribution in [3.8, 4) is 0 Å². The average Bonchev–Trinajstić information content (AvgIpc) is 3.30. The Morgan fingerprint density at radius 2 is 2.00 bits per heavy atom. The van der Waals surface area contributed by atoms with E-state index in [-0.39, 0.29) is 23.8 Å². The third-order valence-corrected chi connectivity index (χ3v) is 5.02. The Kier molecular flexibility index (Phi) is 7.52. The van der Waals surface area contributed by atoms with Crippen molar-refractivity contribution in [3.63, 3.8) is 0 Å². The molecule has 142 valence electrons. The summed E-state index contributed by atoms with van der Waals surface area (Å²) in [6.45, 7) is 6.47. The fraction of sp³-hybridized carbons (Fsp3) is 0.833. The summed E-state index contributed by atoms with van der Waals surface area (Å²) in [4.78, 5) is 30.5. The summed E-state index contributed by atoms with van der Waals surface area (Å²) in [6, 6.07) is 0.205. The number of guanidine groups is 1. The smallest absolute Gasteiger partial charge is 0.310 e. The Bertz CT molecular complexity index is 489. The molecule has 2 aliphatic rings. The summed E-state index contributed by atoms with van der Waals surface area (Å²) >= 11 is 0. The molecule has 1 amide bonds. The first-order valence-electron chi connectivity index (χ1n) is 9.46. The largest absolute Gasteiger partial charge is 0.469 e. The van der Waals surface area contributed by atoms with Gasteiger partial charge in [-0.25, -0.2) is 0 Å². The van der Waals surface area contributed by atoms with E-state index in [1.807, 2.05) is 11.8 Å². The van der Waals surface area contributed by atoms with E-state index in [1.165, 1.54) is 20.0 Å². The molecule has 1 aliphatic heterocycles. The van der Waals surface area contributed by atoms with Crippen LogP contribution in [-0.2, 0) is 14.3 Å². The minimum absolute atomic E-state index is 0.205. The van der Waals surface area contributed by atoms with Gasteiger partial charge in [-0.1, -0.05) is 19.8 Å². The van der Waals surface area contributed by atoms with Crippen LogP contribution in [0.25, 0.3) is 0 Å². The third kappa shape index (κ3) is 5.61. The van der Waals surface area contributed by atoms with Gasteiger partial charge in [0.1, 0.15) is 0 Å². The molecular formula is C18H32N4O3. The molecule has 0 aromatic rings. The number of hydrogen-bond donors (Lipinski definition) is 2. The van der Waals surface area contributed by atoms with Crippen LogP contribution in [0.15, 0.2) is 4.99 Å². The molecule has 1 saturated carbocycles. The molecule has 0 aromatic heterocycles. The van der Waals surface area contributed by atoms with Gasteiger partial charge in [0.05, 0.1) is 19.6 Å². The lowest BCUT2D eigenvalue weighted by Gasteiger charge is -2.21. The zero-order chi connectivity index (χ0) is 18.2. The van der Waals surface area contributed by atoms with Gasteiger partial charge in [-0.15, -0.1) is 0 Å². The Hall–Kier alpha value is -1.79. The van der Waals surface area contributed by atoms with E-state index >= 15 is 0 Å². The van der Waals surface area contributed by atoms with Gasteiger partial charge in [-0.3, -0.25) is 14.6 Å². The maximum Gasteiger partial charge on any atom is 0.310 e. The molecule has 25 heavy (non-hydrogen) atoms. The normalized spacial score (nSPS) is 22.8. The first-order valence-corrected chi connectivity index (χ1v) is 9.46. The Morgan fingerprint density at radius 3 is 2.64 bits per heavy atom. The fourth-order valence-corrected chi connectivity index (χ4v) is 3.53. The van der Waals surface area contributed by atoms with Crippen molar-refractivity contribution in [2.24, 2.45) is 16.8 Å². The first kappa shape index (κ1) is 19.5. The zero-order valence-corrected chi connectivity index (χ0v) is 15.7. The topological polar surface area (TPSA) is 83.0 Å². The highest BCUT2D eigenvalue weighted by atomic mass is 16.5. The van der Waals surface area contributed by atoms with Crippen molar-refractivity contribution in [1.29, 1.82) is 0 Å². The number of methoxy groups -OCH3 is 1. The van der Waals surface area contributed by atoms with Gasteiger partial charge in [0.15, 0.2) is 5.96 Å². The molecule has 2 rings (SSSR count). The van der Waals surface area contributed by atoms with Gasteiger partial charge in [0, 0.05) is 31.6 Å². The number of aliphatic imine (C=N–C) groups is 1. The second kappa shape index (κ2) is 9.63. The number of ether oxygens (including phenoxy) is 1. The Morgan fingerprint density at radius 1 is 1.28 bits per heavy atom. The monoisotopic (exact) mass is 352 g/mol. The van der Waals surface area contributed by atoms with Crippen LogP contribution in [0.2, 0.25) is 0 Å². The average molecular weight is 352 g/mol. The highest BCUT2D eigenvalue weighted by Crippen LogP contribution is 2.27. The van der Waals surface area contributed by atoms with Gasteiger partial charge < -0.3 is 20.3 Å². The summed E-state index contributed by atoms with van der Waals surface area (Å²) in [5, 5.41) is 6.60. The van der Waals surface area contributed by atoms with Gasteiger partial charge >= 0.3 is 5.97 Å². The molecule has 2 atom stereocenters. The molecule has 0 bridgehead atoms. The fourth-order valence-electron chi connectivity index (χ4n) is 3.53. The van der Waals surface area contributed by atoms with Crippen molar-refractivity contribution in [2.45, 2.75) is 52.0 Å². The number of esters is 1. The molecule has 2 N–H and O–H groups in total. The third-order valence-electron chi connectivity index (χ3n) is 5.02. The molecule has 1 saturated heterocycles. The van der Waals surface area contributed by atoms with E-state index in [4.69, 9.17) is 4.74 Å². The number of amides is 1. The molecule has 2 unspecified atom stereocenters. The minimum Gasteiger partial charge on any atom is -0.469 e. The number of rotatable bonds is 6. The van der Waals surface area contributed by atoms with Crippen LogP contribution in [-0.4, -0.2) is 62.1 Å². The molecule has 0 radical (unpaired) electrons. The van der Waals surface area contributed by atoms with E-state index in [9.17, 15) is 9.59 Å². The Labute approximate surface area is 150 Å². The number of hydrogen-bond acceptors (Lipinski definition) is 4. The quantitative estimate of drug-likeness (QED) is 0.426. The van der Waals surface area contributed by atoms with Crippen LogP contribution in [0.5, 0.6) is 0 Å². The van der Waals surface area contributed by atoms with Crippen LogP contribution in [0.1, 0.15) is 46.0 Å². The Balaban J connectivity index is 1.85. The summed E-state index contributed by atoms with van der Waals surface area (Å²) in [5.74, 6) is 0.723. The van der Waals surface area contributed by atoms with E-state index in [2.05, 4.69) is 15.6 Å². The highest BCUT2D eigenvalue weighted by Gasteiger charge is 2.32. The second-order valence-electron chi connectivity index (χ2n) is 7.04. The van der Waals surface area contributed by atoms with Crippen molar-refractivity contribution < 1.29 is 14.3 Å². The van der Waals surface area contributed by atoms with Crippen molar-refractivity contribution in [1.82, 2.24) is 15.5 Å². The van der Waals surface area contributed by atoms with Crippen molar-refractivity contribution in [2.75, 3.05) is 33.3 Å². The van der Waals surface area contributed by atoms with Crippen molar-refractivity contribution in [3.05, 3.63) is 0 Å². The van der Waals surface area contributed by atoms with E-state index in [0.29, 0.717) is 18.4 Å². The SMILES string of the molecule is CCNC(=NCC(C)C(=O)OC)NC1CCN(C(=O)C2CCCC2)C1. The standard InChI is InChI=1S/C18H32N4O3/c1-4-19-18(20-11-13(2)17(24)25-3)21-15-9-10-22(12-15)16(23)14-7-5-6-8-14/h13-15H,4-12H2,1-3H3,(H2,19,20,21). The molecule has 1 heterocycles. The molecule has 1 aliphatic carbocycles. The van der Waals surface area contributed by atoms with Crippen LogP contribution >= 0.6 is 0 Å². The van der Waals surface area contributed by atoms with Crippen LogP contribution in [0.3, 0.4) is 0 Å². The number of likely N-dealkylation sites (tertiary alicyclic amines) is 1. The van der Waals surface area contributed by atoms with Gasteiger partial charge in [0.2, 0.25) is 5.91 Å². The molecule has 0 spiro atoms. The molecular weight excluding hydrogens is 320 g/mol. The van der Waals surface area contributed by atoms with E-state index < -0.39 is 0 Å². The predicted octanol–water partition coefficient (Wildman–Crippen LogP) is 1.14. The van der Waals surface area contributed by atoms with Crippen LogP contribution < -0.4 is 10.6 Å². The van der Waals surface area contributed by atoms with Crippen LogP contribution in [0.4, 0.5) is 0 Å². The summed E-state index contributed by atoms with van der Waals surface area (Å²) < 4.78 is 4.73. The molecule has 2 fully saturated rings. The second-order valence-corrected chi connectivity index (χ2v) is 7.04. The molecule has 7 nitrogen and oxygen atoms in total. The first-order chi connectivity index (χ1) is 12.0. The number of nitrogens with one attached hydrogen (secondary N) is 2. The maximum absolute atomic E-state index is 12.5. The summed E-state index contributed by atoms with van der Waals surface area (Å²) in [6.07, 6.45) is 5.38. The zero-order valence-electron chi connectivity index (χ0n) is 15.7. The van der Waals surface area contributed by atoms with Crippen LogP contribution in [0, 0.1) is 11.8 Å². The lowest BCUT2D eigenvalue weighted by molar-refractivity contribution is -0.144. The van der Waals surface area contributed by atoms with E-state index in [0.717, 1.165) is 38.9 Å². The summed E-state index contributed by atoms with van der Waals surface area (Å²) in [5.41, 5.74) is 0. The maximum atomic E-state index is 12.5. The summed E-state index contributed by atoms with van der Waals surface area (Å²) in [7, 11) is 1.39. The van der Waals surface area contributed by atoms with Gasteiger partial charge in [-0.05, 0) is 26.2 Å². The number of carbonyl (C=O) groups is 2.